The van der Waals surface area contributed by atoms with Gasteiger partial charge in [0.1, 0.15) is 6.10 Å². The fraction of sp³-hybridized carbons (Fsp3) is 0.667. The van der Waals surface area contributed by atoms with Gasteiger partial charge in [0.2, 0.25) is 0 Å². The molecule has 2 amide bonds. The molecule has 4 atom stereocenters. The predicted octanol–water partition coefficient (Wildman–Crippen LogP) is 2.06. The maximum absolute atomic E-state index is 12.3. The lowest BCUT2D eigenvalue weighted by atomic mass is 10.1. The van der Waals surface area contributed by atoms with Crippen LogP contribution in [0, 0.1) is 0 Å². The van der Waals surface area contributed by atoms with Crippen LogP contribution in [0.5, 0.6) is 0 Å². The molecule has 0 aromatic carbocycles. The molecule has 0 radical (unpaired) electrons. The minimum atomic E-state index is -0.812. The van der Waals surface area contributed by atoms with Crippen LogP contribution in [0.1, 0.15) is 26.7 Å². The SMILES string of the molecule is CCC=C1C=CN([C@@H]2O[C@H](CO)C(O)C2SSCCC)C(=O)N1. The van der Waals surface area contributed by atoms with Crippen LogP contribution in [-0.2, 0) is 4.74 Å². The topological polar surface area (TPSA) is 82.0 Å². The lowest BCUT2D eigenvalue weighted by Crippen LogP contribution is -2.48. The van der Waals surface area contributed by atoms with Crippen LogP contribution in [0.4, 0.5) is 4.79 Å². The van der Waals surface area contributed by atoms with Gasteiger partial charge in [0.05, 0.1) is 18.0 Å². The van der Waals surface area contributed by atoms with Gasteiger partial charge in [0, 0.05) is 17.6 Å². The number of allylic oxidation sites excluding steroid dienone is 2. The lowest BCUT2D eigenvalue weighted by molar-refractivity contribution is -0.0532. The van der Waals surface area contributed by atoms with Gasteiger partial charge in [0.15, 0.2) is 6.23 Å². The number of nitrogens with zero attached hydrogens (tertiary/aromatic N) is 1. The fourth-order valence-electron chi connectivity index (χ4n) is 2.40. The van der Waals surface area contributed by atoms with Crippen molar-refractivity contribution in [1.29, 1.82) is 0 Å². The van der Waals surface area contributed by atoms with Gasteiger partial charge in [-0.05, 0) is 18.9 Å². The third-order valence-electron chi connectivity index (χ3n) is 3.56. The zero-order valence-corrected chi connectivity index (χ0v) is 15.0. The van der Waals surface area contributed by atoms with E-state index < -0.39 is 18.4 Å². The first-order valence-corrected chi connectivity index (χ1v) is 10.2. The Morgan fingerprint density at radius 3 is 2.87 bits per heavy atom. The summed E-state index contributed by atoms with van der Waals surface area (Å²) in [5.41, 5.74) is 0.760. The van der Waals surface area contributed by atoms with E-state index in [0.29, 0.717) is 0 Å². The van der Waals surface area contributed by atoms with Crippen LogP contribution in [-0.4, -0.2) is 57.2 Å². The number of nitrogens with one attached hydrogen (secondary N) is 1. The van der Waals surface area contributed by atoms with Gasteiger partial charge in [-0.2, -0.15) is 0 Å². The molecule has 130 valence electrons. The Morgan fingerprint density at radius 1 is 1.48 bits per heavy atom. The van der Waals surface area contributed by atoms with Gasteiger partial charge in [0.25, 0.3) is 0 Å². The molecule has 2 aliphatic heterocycles. The van der Waals surface area contributed by atoms with Gasteiger partial charge >= 0.3 is 6.03 Å². The number of amides is 2. The highest BCUT2D eigenvalue weighted by Gasteiger charge is 2.48. The molecule has 3 N–H and O–H groups in total. The molecule has 0 aromatic heterocycles. The van der Waals surface area contributed by atoms with Crippen LogP contribution in [0.25, 0.3) is 0 Å². The minimum absolute atomic E-state index is 0.271. The average Bonchev–Trinajstić information content (AvgIpc) is 2.84. The molecule has 1 fully saturated rings. The normalized spacial score (nSPS) is 32.6. The van der Waals surface area contributed by atoms with Crippen LogP contribution >= 0.6 is 21.6 Å². The number of hydrogen-bond donors (Lipinski definition) is 3. The summed E-state index contributed by atoms with van der Waals surface area (Å²) in [6, 6.07) is -0.283. The van der Waals surface area contributed by atoms with E-state index in [-0.39, 0.29) is 17.9 Å². The number of carbonyl (C=O) groups is 1. The molecule has 2 rings (SSSR count). The van der Waals surface area contributed by atoms with E-state index in [1.54, 1.807) is 17.0 Å². The van der Waals surface area contributed by atoms with Crippen molar-refractivity contribution in [1.82, 2.24) is 10.2 Å². The van der Waals surface area contributed by atoms with E-state index in [1.807, 2.05) is 19.1 Å². The Hall–Kier alpha value is -0.670. The van der Waals surface area contributed by atoms with Crippen molar-refractivity contribution in [3.05, 3.63) is 24.0 Å². The summed E-state index contributed by atoms with van der Waals surface area (Å²) in [4.78, 5) is 13.8. The van der Waals surface area contributed by atoms with E-state index in [9.17, 15) is 15.0 Å². The van der Waals surface area contributed by atoms with E-state index >= 15 is 0 Å². The van der Waals surface area contributed by atoms with Crippen LogP contribution in [0.15, 0.2) is 24.0 Å². The van der Waals surface area contributed by atoms with Crippen LogP contribution in [0.2, 0.25) is 0 Å². The summed E-state index contributed by atoms with van der Waals surface area (Å²) in [7, 11) is 3.16. The molecule has 0 bridgehead atoms. The quantitative estimate of drug-likeness (QED) is 0.476. The number of aliphatic hydroxyl groups is 2. The maximum atomic E-state index is 12.3. The molecule has 8 heteroatoms. The molecular formula is C15H24N2O4S2. The highest BCUT2D eigenvalue weighted by Crippen LogP contribution is 2.40. The number of carbonyl (C=O) groups excluding carboxylic acids is 1. The first kappa shape index (κ1) is 18.7. The average molecular weight is 361 g/mol. The molecule has 0 saturated carbocycles. The van der Waals surface area contributed by atoms with Gasteiger partial charge in [-0.25, -0.2) is 4.79 Å². The zero-order chi connectivity index (χ0) is 16.8. The van der Waals surface area contributed by atoms with Crippen molar-refractivity contribution in [3.63, 3.8) is 0 Å². The van der Waals surface area contributed by atoms with Gasteiger partial charge in [-0.1, -0.05) is 41.5 Å². The highest BCUT2D eigenvalue weighted by atomic mass is 33.1. The van der Waals surface area contributed by atoms with E-state index in [2.05, 4.69) is 12.2 Å². The molecule has 6 nitrogen and oxygen atoms in total. The molecule has 1 saturated heterocycles. The second-order valence-electron chi connectivity index (χ2n) is 5.34. The highest BCUT2D eigenvalue weighted by molar-refractivity contribution is 8.77. The number of urea groups is 1. The zero-order valence-electron chi connectivity index (χ0n) is 13.3. The van der Waals surface area contributed by atoms with Crippen molar-refractivity contribution in [2.45, 2.75) is 50.4 Å². The molecule has 0 spiro atoms. The first-order valence-electron chi connectivity index (χ1n) is 7.82. The smallest absolute Gasteiger partial charge is 0.328 e. The van der Waals surface area contributed by atoms with Crippen molar-refractivity contribution in [3.8, 4) is 0 Å². The van der Waals surface area contributed by atoms with Gasteiger partial charge in [-0.3, -0.25) is 4.90 Å². The third kappa shape index (κ3) is 4.45. The molecule has 2 heterocycles. The van der Waals surface area contributed by atoms with E-state index in [0.717, 1.165) is 24.3 Å². The summed E-state index contributed by atoms with van der Waals surface area (Å²) in [5, 5.41) is 22.2. The Kier molecular flexibility index (Phi) is 7.29. The Balaban J connectivity index is 2.13. The summed E-state index contributed by atoms with van der Waals surface area (Å²) >= 11 is 0. The summed E-state index contributed by atoms with van der Waals surface area (Å²) < 4.78 is 5.73. The Morgan fingerprint density at radius 2 is 2.26 bits per heavy atom. The van der Waals surface area contributed by atoms with E-state index in [1.165, 1.54) is 15.7 Å². The van der Waals surface area contributed by atoms with Crippen molar-refractivity contribution >= 4 is 27.6 Å². The summed E-state index contributed by atoms with van der Waals surface area (Å²) in [6.07, 6.45) is 5.19. The van der Waals surface area contributed by atoms with Crippen LogP contribution in [0.3, 0.4) is 0 Å². The molecule has 2 aliphatic rings. The third-order valence-corrected chi connectivity index (χ3v) is 6.58. The predicted molar refractivity (Wildman–Crippen MR) is 93.8 cm³/mol. The Labute approximate surface area is 144 Å². The number of ether oxygens (including phenoxy) is 1. The number of rotatable bonds is 7. The molecule has 0 aliphatic carbocycles. The van der Waals surface area contributed by atoms with Crippen molar-refractivity contribution < 1.29 is 19.7 Å². The standard InChI is InChI=1S/C15H24N2O4S2/c1-3-5-10-6-7-17(15(20)16-10)14-13(23-22-8-4-2)12(19)11(9-18)21-14/h5-7,11-14,18-19H,3-4,8-9H2,1-2H3,(H,16,20)/t11-,12?,13?,14-/m1/s1. The Bertz CT molecular complexity index is 472. The van der Waals surface area contributed by atoms with Crippen LogP contribution < -0.4 is 5.32 Å². The monoisotopic (exact) mass is 360 g/mol. The largest absolute Gasteiger partial charge is 0.394 e. The molecule has 2 unspecified atom stereocenters. The molecule has 0 aromatic rings. The second kappa shape index (κ2) is 8.98. The first-order chi connectivity index (χ1) is 11.1. The minimum Gasteiger partial charge on any atom is -0.394 e. The second-order valence-corrected chi connectivity index (χ2v) is 8.01. The van der Waals surface area contributed by atoms with Crippen molar-refractivity contribution in [2.24, 2.45) is 0 Å². The van der Waals surface area contributed by atoms with Gasteiger partial charge < -0.3 is 20.3 Å². The van der Waals surface area contributed by atoms with Gasteiger partial charge in [-0.15, -0.1) is 0 Å². The van der Waals surface area contributed by atoms with E-state index in [4.69, 9.17) is 4.74 Å². The van der Waals surface area contributed by atoms with Crippen molar-refractivity contribution in [2.75, 3.05) is 12.4 Å². The number of hydrogen-bond acceptors (Lipinski definition) is 6. The summed E-state index contributed by atoms with van der Waals surface area (Å²) in [6.45, 7) is 3.82. The fourth-order valence-corrected chi connectivity index (χ4v) is 5.29. The summed E-state index contributed by atoms with van der Waals surface area (Å²) in [5.74, 6) is 0.954. The number of aliphatic hydroxyl groups excluding tert-OH is 2. The molecule has 23 heavy (non-hydrogen) atoms. The maximum Gasteiger partial charge on any atom is 0.328 e. The lowest BCUT2D eigenvalue weighted by Gasteiger charge is -2.31. The molecular weight excluding hydrogens is 336 g/mol.